The molecule has 1 fully saturated rings. The van der Waals surface area contributed by atoms with Gasteiger partial charge in [-0.2, -0.15) is 0 Å². The Labute approximate surface area is 94.4 Å². The molecule has 0 saturated carbocycles. The van der Waals surface area contributed by atoms with Gasteiger partial charge in [-0.1, -0.05) is 30.3 Å². The van der Waals surface area contributed by atoms with Gasteiger partial charge in [-0.3, -0.25) is 0 Å². The zero-order chi connectivity index (χ0) is 11.4. The van der Waals surface area contributed by atoms with Gasteiger partial charge in [0.2, 0.25) is 0 Å². The number of aliphatic hydroxyl groups excluding tert-OH is 2. The second-order valence-corrected chi connectivity index (χ2v) is 3.88. The van der Waals surface area contributed by atoms with Crippen molar-refractivity contribution in [1.82, 2.24) is 0 Å². The van der Waals surface area contributed by atoms with E-state index in [1.807, 2.05) is 30.3 Å². The average Bonchev–Trinajstić information content (AvgIpc) is 2.69. The standard InChI is InChI=1S/C12H16O4/c13-6-10-12(14)11(8-16-10)15-7-9-4-2-1-3-5-9/h1-5,10-14H,6-8H2/t10?,11-,12+/m0/s1. The van der Waals surface area contributed by atoms with Gasteiger partial charge in [0.15, 0.2) is 0 Å². The first kappa shape index (κ1) is 11.5. The second-order valence-electron chi connectivity index (χ2n) is 3.88. The minimum atomic E-state index is -0.742. The molecule has 1 saturated heterocycles. The lowest BCUT2D eigenvalue weighted by Crippen LogP contribution is -2.33. The Morgan fingerprint density at radius 3 is 2.69 bits per heavy atom. The van der Waals surface area contributed by atoms with Crippen LogP contribution in [0.3, 0.4) is 0 Å². The van der Waals surface area contributed by atoms with E-state index in [1.54, 1.807) is 0 Å². The lowest BCUT2D eigenvalue weighted by Gasteiger charge is -2.16. The maximum absolute atomic E-state index is 9.72. The molecule has 0 bridgehead atoms. The summed E-state index contributed by atoms with van der Waals surface area (Å²) in [5, 5.41) is 18.6. The zero-order valence-corrected chi connectivity index (χ0v) is 8.95. The highest BCUT2D eigenvalue weighted by Crippen LogP contribution is 2.18. The van der Waals surface area contributed by atoms with Crippen LogP contribution >= 0.6 is 0 Å². The van der Waals surface area contributed by atoms with E-state index in [0.29, 0.717) is 13.2 Å². The van der Waals surface area contributed by atoms with Crippen LogP contribution in [-0.4, -0.2) is 41.7 Å². The van der Waals surface area contributed by atoms with E-state index >= 15 is 0 Å². The van der Waals surface area contributed by atoms with Crippen LogP contribution in [0.25, 0.3) is 0 Å². The van der Waals surface area contributed by atoms with Gasteiger partial charge in [0, 0.05) is 0 Å². The summed E-state index contributed by atoms with van der Waals surface area (Å²) in [5.74, 6) is 0. The molecule has 1 aliphatic heterocycles. The number of ether oxygens (including phenoxy) is 2. The van der Waals surface area contributed by atoms with Crippen molar-refractivity contribution in [2.75, 3.05) is 13.2 Å². The van der Waals surface area contributed by atoms with Gasteiger partial charge in [0.1, 0.15) is 18.3 Å². The smallest absolute Gasteiger partial charge is 0.111 e. The SMILES string of the molecule is OCC1OC[C@H](OCc2ccccc2)[C@@H]1O. The van der Waals surface area contributed by atoms with Crippen LogP contribution < -0.4 is 0 Å². The Balaban J connectivity index is 1.83. The molecule has 1 aromatic carbocycles. The molecule has 16 heavy (non-hydrogen) atoms. The third-order valence-corrected chi connectivity index (χ3v) is 2.72. The predicted molar refractivity (Wildman–Crippen MR) is 57.9 cm³/mol. The maximum Gasteiger partial charge on any atom is 0.111 e. The minimum absolute atomic E-state index is 0.174. The summed E-state index contributed by atoms with van der Waals surface area (Å²) in [5.41, 5.74) is 1.06. The molecule has 88 valence electrons. The number of hydrogen-bond donors (Lipinski definition) is 2. The molecule has 4 heteroatoms. The van der Waals surface area contributed by atoms with Crippen molar-refractivity contribution in [2.24, 2.45) is 0 Å². The van der Waals surface area contributed by atoms with Gasteiger partial charge < -0.3 is 19.7 Å². The van der Waals surface area contributed by atoms with E-state index in [0.717, 1.165) is 5.56 Å². The van der Waals surface area contributed by atoms with Crippen LogP contribution in [0.4, 0.5) is 0 Å². The van der Waals surface area contributed by atoms with Crippen molar-refractivity contribution in [3.05, 3.63) is 35.9 Å². The van der Waals surface area contributed by atoms with Crippen molar-refractivity contribution in [1.29, 1.82) is 0 Å². The highest BCUT2D eigenvalue weighted by Gasteiger charge is 2.35. The van der Waals surface area contributed by atoms with Crippen molar-refractivity contribution < 1.29 is 19.7 Å². The Kier molecular flexibility index (Phi) is 3.90. The van der Waals surface area contributed by atoms with Crippen LogP contribution in [0.5, 0.6) is 0 Å². The van der Waals surface area contributed by atoms with E-state index in [2.05, 4.69) is 0 Å². The predicted octanol–water partition coefficient (Wildman–Crippen LogP) is 0.324. The van der Waals surface area contributed by atoms with Gasteiger partial charge in [0.25, 0.3) is 0 Å². The monoisotopic (exact) mass is 224 g/mol. The fourth-order valence-electron chi connectivity index (χ4n) is 1.74. The average molecular weight is 224 g/mol. The number of hydrogen-bond acceptors (Lipinski definition) is 4. The van der Waals surface area contributed by atoms with E-state index < -0.39 is 12.2 Å². The van der Waals surface area contributed by atoms with E-state index in [4.69, 9.17) is 14.6 Å². The van der Waals surface area contributed by atoms with Gasteiger partial charge in [0.05, 0.1) is 19.8 Å². The fraction of sp³-hybridized carbons (Fsp3) is 0.500. The lowest BCUT2D eigenvalue weighted by molar-refractivity contribution is -0.0340. The number of rotatable bonds is 4. The highest BCUT2D eigenvalue weighted by molar-refractivity contribution is 5.13. The Morgan fingerprint density at radius 2 is 2.06 bits per heavy atom. The normalized spacial score (nSPS) is 29.5. The summed E-state index contributed by atoms with van der Waals surface area (Å²) in [6.45, 7) is 0.607. The molecule has 4 nitrogen and oxygen atoms in total. The van der Waals surface area contributed by atoms with Gasteiger partial charge in [-0.05, 0) is 5.56 Å². The molecule has 0 amide bonds. The van der Waals surface area contributed by atoms with Crippen LogP contribution in [0, 0.1) is 0 Å². The Morgan fingerprint density at radius 1 is 1.31 bits per heavy atom. The molecule has 1 aliphatic rings. The van der Waals surface area contributed by atoms with Crippen LogP contribution in [0.15, 0.2) is 30.3 Å². The fourth-order valence-corrected chi connectivity index (χ4v) is 1.74. The second kappa shape index (κ2) is 5.41. The quantitative estimate of drug-likeness (QED) is 0.773. The summed E-state index contributed by atoms with van der Waals surface area (Å²) in [7, 11) is 0. The molecule has 2 rings (SSSR count). The molecule has 0 aromatic heterocycles. The zero-order valence-electron chi connectivity index (χ0n) is 8.95. The van der Waals surface area contributed by atoms with Gasteiger partial charge in [-0.15, -0.1) is 0 Å². The van der Waals surface area contributed by atoms with Gasteiger partial charge in [-0.25, -0.2) is 0 Å². The molecule has 1 unspecified atom stereocenters. The molecule has 1 heterocycles. The third kappa shape index (κ3) is 2.59. The molecule has 0 aliphatic carbocycles. The van der Waals surface area contributed by atoms with Crippen molar-refractivity contribution in [3.63, 3.8) is 0 Å². The summed E-state index contributed by atoms with van der Waals surface area (Å²) < 4.78 is 10.7. The summed E-state index contributed by atoms with van der Waals surface area (Å²) in [6.07, 6.45) is -1.60. The molecule has 2 N–H and O–H groups in total. The largest absolute Gasteiger partial charge is 0.394 e. The molecule has 1 aromatic rings. The molecule has 0 radical (unpaired) electrons. The van der Waals surface area contributed by atoms with E-state index in [-0.39, 0.29) is 12.7 Å². The number of aliphatic hydroxyl groups is 2. The molecular formula is C12H16O4. The van der Waals surface area contributed by atoms with Crippen LogP contribution in [0.1, 0.15) is 5.56 Å². The van der Waals surface area contributed by atoms with Crippen LogP contribution in [-0.2, 0) is 16.1 Å². The number of benzene rings is 1. The first-order valence-electron chi connectivity index (χ1n) is 5.37. The van der Waals surface area contributed by atoms with Gasteiger partial charge >= 0.3 is 0 Å². The van der Waals surface area contributed by atoms with Crippen molar-refractivity contribution in [2.45, 2.75) is 24.9 Å². The van der Waals surface area contributed by atoms with E-state index in [9.17, 15) is 5.11 Å². The minimum Gasteiger partial charge on any atom is -0.394 e. The maximum atomic E-state index is 9.72. The first-order valence-corrected chi connectivity index (χ1v) is 5.37. The molecular weight excluding hydrogens is 208 g/mol. The van der Waals surface area contributed by atoms with Crippen molar-refractivity contribution in [3.8, 4) is 0 Å². The third-order valence-electron chi connectivity index (χ3n) is 2.72. The molecule has 3 atom stereocenters. The summed E-state index contributed by atoms with van der Waals surface area (Å²) in [4.78, 5) is 0. The summed E-state index contributed by atoms with van der Waals surface area (Å²) in [6, 6.07) is 9.75. The Bertz CT molecular complexity index is 314. The molecule has 0 spiro atoms. The van der Waals surface area contributed by atoms with Crippen LogP contribution in [0.2, 0.25) is 0 Å². The Hall–Kier alpha value is -0.940. The van der Waals surface area contributed by atoms with Crippen molar-refractivity contribution >= 4 is 0 Å². The topological polar surface area (TPSA) is 58.9 Å². The lowest BCUT2D eigenvalue weighted by atomic mass is 10.1. The summed E-state index contributed by atoms with van der Waals surface area (Å²) >= 11 is 0. The first-order chi connectivity index (χ1) is 7.81. The highest BCUT2D eigenvalue weighted by atomic mass is 16.6. The van der Waals surface area contributed by atoms with E-state index in [1.165, 1.54) is 0 Å².